The molecule has 3 N–H and O–H groups in total. The van der Waals surface area contributed by atoms with Crippen molar-refractivity contribution in [2.24, 2.45) is 5.73 Å². The van der Waals surface area contributed by atoms with Gasteiger partial charge in [0.2, 0.25) is 0 Å². The second-order valence-corrected chi connectivity index (χ2v) is 3.62. The van der Waals surface area contributed by atoms with E-state index < -0.39 is 17.7 Å². The summed E-state index contributed by atoms with van der Waals surface area (Å²) in [7, 11) is 0. The van der Waals surface area contributed by atoms with Gasteiger partial charge in [0.05, 0.1) is 6.10 Å². The van der Waals surface area contributed by atoms with Crippen molar-refractivity contribution in [1.29, 1.82) is 0 Å². The fourth-order valence-corrected chi connectivity index (χ4v) is 1.57. The van der Waals surface area contributed by atoms with E-state index in [-0.39, 0.29) is 29.7 Å². The maximum Gasteiger partial charge on any atom is 0.132 e. The Labute approximate surface area is 87.7 Å². The smallest absolute Gasteiger partial charge is 0.132 e. The third kappa shape index (κ3) is 2.33. The zero-order chi connectivity index (χ0) is 11.6. The van der Waals surface area contributed by atoms with Crippen LogP contribution in [0.25, 0.3) is 0 Å². The number of aliphatic hydroxyl groups is 1. The third-order valence-corrected chi connectivity index (χ3v) is 2.46. The molecule has 0 aliphatic rings. The summed E-state index contributed by atoms with van der Waals surface area (Å²) in [5, 5.41) is 9.64. The second-order valence-electron chi connectivity index (χ2n) is 3.62. The number of nitrogens with two attached hydrogens (primary N) is 1. The molecule has 1 unspecified atom stereocenters. The summed E-state index contributed by atoms with van der Waals surface area (Å²) in [6.07, 6.45) is -0.815. The molecule has 1 atom stereocenters. The summed E-state index contributed by atoms with van der Waals surface area (Å²) in [6, 6.07) is 1.13. The molecule has 0 aromatic heterocycles. The number of hydrogen-bond acceptors (Lipinski definition) is 2. The largest absolute Gasteiger partial charge is 0.388 e. The summed E-state index contributed by atoms with van der Waals surface area (Å²) >= 11 is 0. The van der Waals surface area contributed by atoms with Crippen LogP contribution >= 0.6 is 0 Å². The lowest BCUT2D eigenvalue weighted by atomic mass is 9.97. The van der Waals surface area contributed by atoms with E-state index in [4.69, 9.17) is 5.73 Å². The molecule has 0 aliphatic heterocycles. The summed E-state index contributed by atoms with van der Waals surface area (Å²) in [6.45, 7) is 3.15. The van der Waals surface area contributed by atoms with Gasteiger partial charge in [-0.1, -0.05) is 0 Å². The molecule has 0 aliphatic carbocycles. The maximum atomic E-state index is 13.6. The van der Waals surface area contributed by atoms with E-state index in [1.165, 1.54) is 13.8 Å². The maximum absolute atomic E-state index is 13.6. The molecule has 0 amide bonds. The molecule has 0 bridgehead atoms. The molecule has 84 valence electrons. The van der Waals surface area contributed by atoms with Gasteiger partial charge in [0.25, 0.3) is 0 Å². The van der Waals surface area contributed by atoms with Crippen LogP contribution in [0.1, 0.15) is 29.2 Å². The van der Waals surface area contributed by atoms with Crippen LogP contribution in [0, 0.1) is 25.5 Å². The molecule has 2 nitrogen and oxygen atoms in total. The molecule has 0 heterocycles. The van der Waals surface area contributed by atoms with Gasteiger partial charge in [0.15, 0.2) is 0 Å². The summed E-state index contributed by atoms with van der Waals surface area (Å²) in [4.78, 5) is 0. The van der Waals surface area contributed by atoms with Crippen molar-refractivity contribution < 1.29 is 13.9 Å². The Morgan fingerprint density at radius 2 is 2.00 bits per heavy atom. The van der Waals surface area contributed by atoms with Crippen molar-refractivity contribution in [3.05, 3.63) is 34.4 Å². The number of benzene rings is 1. The zero-order valence-electron chi connectivity index (χ0n) is 8.85. The highest BCUT2D eigenvalue weighted by Crippen LogP contribution is 2.27. The van der Waals surface area contributed by atoms with Crippen molar-refractivity contribution in [2.75, 3.05) is 6.54 Å². The average Bonchev–Trinajstić information content (AvgIpc) is 2.16. The third-order valence-electron chi connectivity index (χ3n) is 2.46. The Balaban J connectivity index is 3.26. The van der Waals surface area contributed by atoms with Gasteiger partial charge in [0.1, 0.15) is 11.6 Å². The van der Waals surface area contributed by atoms with Crippen LogP contribution in [0.2, 0.25) is 0 Å². The van der Waals surface area contributed by atoms with E-state index in [0.717, 1.165) is 6.07 Å². The van der Waals surface area contributed by atoms with Crippen LogP contribution in [-0.2, 0) is 0 Å². The fourth-order valence-electron chi connectivity index (χ4n) is 1.57. The standard InChI is InChI=1S/C11H15F2NO/c1-6-5-8(12)7(2)10(11(6)13)9(15)3-4-14/h5,9,15H,3-4,14H2,1-2H3. The van der Waals surface area contributed by atoms with Crippen molar-refractivity contribution in [2.45, 2.75) is 26.4 Å². The Morgan fingerprint density at radius 3 is 2.53 bits per heavy atom. The van der Waals surface area contributed by atoms with Gasteiger partial charge in [-0.2, -0.15) is 0 Å². The minimum Gasteiger partial charge on any atom is -0.388 e. The van der Waals surface area contributed by atoms with Gasteiger partial charge < -0.3 is 10.8 Å². The van der Waals surface area contributed by atoms with Crippen LogP contribution in [0.15, 0.2) is 6.07 Å². The fraction of sp³-hybridized carbons (Fsp3) is 0.455. The highest BCUT2D eigenvalue weighted by Gasteiger charge is 2.19. The summed E-state index contributed by atoms with van der Waals surface area (Å²) in [5.41, 5.74) is 5.64. The van der Waals surface area contributed by atoms with E-state index in [9.17, 15) is 13.9 Å². The molecule has 0 saturated heterocycles. The number of aryl methyl sites for hydroxylation is 1. The van der Waals surface area contributed by atoms with E-state index in [1.54, 1.807) is 0 Å². The van der Waals surface area contributed by atoms with Crippen LogP contribution in [0.4, 0.5) is 8.78 Å². The van der Waals surface area contributed by atoms with E-state index >= 15 is 0 Å². The first kappa shape index (κ1) is 12.1. The molecule has 0 radical (unpaired) electrons. The first-order valence-electron chi connectivity index (χ1n) is 4.82. The Kier molecular flexibility index (Phi) is 3.77. The monoisotopic (exact) mass is 215 g/mol. The van der Waals surface area contributed by atoms with Crippen LogP contribution in [0.5, 0.6) is 0 Å². The SMILES string of the molecule is Cc1cc(F)c(C)c(C(O)CCN)c1F. The lowest BCUT2D eigenvalue weighted by Crippen LogP contribution is -2.11. The van der Waals surface area contributed by atoms with E-state index in [1.807, 2.05) is 0 Å². The number of aliphatic hydroxyl groups excluding tert-OH is 1. The Hall–Kier alpha value is -1.00. The summed E-state index contributed by atoms with van der Waals surface area (Å²) < 4.78 is 27.0. The lowest BCUT2D eigenvalue weighted by molar-refractivity contribution is 0.164. The van der Waals surface area contributed by atoms with Crippen molar-refractivity contribution >= 4 is 0 Å². The normalized spacial score (nSPS) is 12.9. The highest BCUT2D eigenvalue weighted by molar-refractivity contribution is 5.35. The molecular weight excluding hydrogens is 200 g/mol. The zero-order valence-corrected chi connectivity index (χ0v) is 8.85. The molecule has 1 aromatic carbocycles. The van der Waals surface area contributed by atoms with Gasteiger partial charge in [-0.05, 0) is 44.0 Å². The number of hydrogen-bond donors (Lipinski definition) is 2. The minimum absolute atomic E-state index is 0.0259. The molecule has 1 rings (SSSR count). The predicted molar refractivity (Wildman–Crippen MR) is 54.5 cm³/mol. The van der Waals surface area contributed by atoms with Gasteiger partial charge in [-0.15, -0.1) is 0 Å². The molecule has 1 aromatic rings. The minimum atomic E-state index is -1.04. The van der Waals surface area contributed by atoms with E-state index in [0.29, 0.717) is 0 Å². The Morgan fingerprint density at radius 1 is 1.40 bits per heavy atom. The van der Waals surface area contributed by atoms with E-state index in [2.05, 4.69) is 0 Å². The molecule has 4 heteroatoms. The second kappa shape index (κ2) is 4.68. The lowest BCUT2D eigenvalue weighted by Gasteiger charge is -2.15. The molecule has 15 heavy (non-hydrogen) atoms. The van der Waals surface area contributed by atoms with Crippen LogP contribution < -0.4 is 5.73 Å². The highest BCUT2D eigenvalue weighted by atomic mass is 19.1. The van der Waals surface area contributed by atoms with Gasteiger partial charge in [0, 0.05) is 5.56 Å². The van der Waals surface area contributed by atoms with Crippen molar-refractivity contribution in [1.82, 2.24) is 0 Å². The molecule has 0 spiro atoms. The topological polar surface area (TPSA) is 46.2 Å². The van der Waals surface area contributed by atoms with Gasteiger partial charge in [-0.25, -0.2) is 8.78 Å². The van der Waals surface area contributed by atoms with Gasteiger partial charge >= 0.3 is 0 Å². The molecule has 0 saturated carbocycles. The predicted octanol–water partition coefficient (Wildman–Crippen LogP) is 1.96. The van der Waals surface area contributed by atoms with Gasteiger partial charge in [-0.3, -0.25) is 0 Å². The van der Waals surface area contributed by atoms with Crippen LogP contribution in [-0.4, -0.2) is 11.7 Å². The summed E-state index contributed by atoms with van der Waals surface area (Å²) in [5.74, 6) is -1.05. The van der Waals surface area contributed by atoms with Crippen LogP contribution in [0.3, 0.4) is 0 Å². The number of halogens is 2. The Bertz CT molecular complexity index is 340. The van der Waals surface area contributed by atoms with Crippen molar-refractivity contribution in [3.8, 4) is 0 Å². The first-order chi connectivity index (χ1) is 6.99. The number of rotatable bonds is 3. The molecule has 0 fully saturated rings. The van der Waals surface area contributed by atoms with Crippen molar-refractivity contribution in [3.63, 3.8) is 0 Å². The average molecular weight is 215 g/mol. The quantitative estimate of drug-likeness (QED) is 0.809. The molecular formula is C11H15F2NO. The first-order valence-corrected chi connectivity index (χ1v) is 4.82.